The van der Waals surface area contributed by atoms with Crippen molar-refractivity contribution in [1.29, 1.82) is 0 Å². The van der Waals surface area contributed by atoms with Gasteiger partial charge in [-0.3, -0.25) is 9.10 Å². The van der Waals surface area contributed by atoms with Crippen LogP contribution in [0, 0.1) is 0 Å². The van der Waals surface area contributed by atoms with E-state index in [-0.39, 0.29) is 4.31 Å². The molecule has 0 aliphatic heterocycles. The van der Waals surface area contributed by atoms with E-state index in [1.54, 1.807) is 0 Å². The lowest BCUT2D eigenvalue weighted by Gasteiger charge is -2.24. The summed E-state index contributed by atoms with van der Waals surface area (Å²) >= 11 is 0. The number of carbonyl (C=O) groups is 1. The number of sulfonamides is 1. The lowest BCUT2D eigenvalue weighted by atomic mass is 10.2. The Labute approximate surface area is 126 Å². The number of nitrogens with two attached hydrogens (primary N) is 1. The van der Waals surface area contributed by atoms with Gasteiger partial charge in [-0.25, -0.2) is 8.42 Å². The van der Waals surface area contributed by atoms with Crippen molar-refractivity contribution < 1.29 is 39.6 Å². The topological polar surface area (TPSA) is 80.5 Å². The van der Waals surface area contributed by atoms with Gasteiger partial charge in [0.1, 0.15) is 6.54 Å². The molecule has 0 bridgehead atoms. The van der Waals surface area contributed by atoms with E-state index in [1.165, 1.54) is 0 Å². The quantitative estimate of drug-likeness (QED) is 0.811. The highest BCUT2D eigenvalue weighted by Crippen LogP contribution is 2.31. The fourth-order valence-corrected chi connectivity index (χ4v) is 2.93. The summed E-state index contributed by atoms with van der Waals surface area (Å²) in [4.78, 5) is 10.9. The number of benzene rings is 1. The first-order chi connectivity index (χ1) is 10.2. The van der Waals surface area contributed by atoms with Crippen molar-refractivity contribution in [1.82, 2.24) is 0 Å². The van der Waals surface area contributed by atoms with Crippen LogP contribution in [-0.2, 0) is 21.0 Å². The standard InChI is InChI=1S/C11H10F6N2O3S/c12-10(13,14)6-23(21,22)19(5-9(18)20)8-3-1-7(2-4-8)11(15,16)17/h1-4H,5-6H2,(H2,18,20). The van der Waals surface area contributed by atoms with E-state index in [0.29, 0.717) is 24.3 Å². The summed E-state index contributed by atoms with van der Waals surface area (Å²) in [5.41, 5.74) is 3.11. The van der Waals surface area contributed by atoms with Gasteiger partial charge in [0.05, 0.1) is 11.3 Å². The van der Waals surface area contributed by atoms with Crippen LogP contribution in [0.5, 0.6) is 0 Å². The summed E-state index contributed by atoms with van der Waals surface area (Å²) in [5.74, 6) is -3.55. The maximum Gasteiger partial charge on any atom is 0.416 e. The number of amides is 1. The first-order valence-electron chi connectivity index (χ1n) is 5.75. The first kappa shape index (κ1) is 19.1. The van der Waals surface area contributed by atoms with Crippen molar-refractivity contribution in [2.75, 3.05) is 16.6 Å². The Morgan fingerprint density at radius 1 is 1.04 bits per heavy atom. The van der Waals surface area contributed by atoms with Crippen LogP contribution in [0.1, 0.15) is 5.56 Å². The molecule has 1 aromatic carbocycles. The van der Waals surface area contributed by atoms with Gasteiger partial charge in [-0.2, -0.15) is 26.3 Å². The largest absolute Gasteiger partial charge is 0.416 e. The van der Waals surface area contributed by atoms with Crippen molar-refractivity contribution in [3.05, 3.63) is 29.8 Å². The second-order valence-electron chi connectivity index (χ2n) is 4.39. The third-order valence-electron chi connectivity index (χ3n) is 2.46. The molecule has 12 heteroatoms. The zero-order valence-electron chi connectivity index (χ0n) is 11.1. The molecule has 0 unspecified atom stereocenters. The molecule has 0 fully saturated rings. The lowest BCUT2D eigenvalue weighted by molar-refractivity contribution is -0.137. The molecular formula is C11H10F6N2O3S. The predicted octanol–water partition coefficient (Wildman–Crippen LogP) is 1.89. The predicted molar refractivity (Wildman–Crippen MR) is 67.8 cm³/mol. The Kier molecular flexibility index (Phi) is 5.19. The van der Waals surface area contributed by atoms with Crippen LogP contribution >= 0.6 is 0 Å². The fourth-order valence-electron chi connectivity index (χ4n) is 1.59. The van der Waals surface area contributed by atoms with Crippen LogP contribution in [0.25, 0.3) is 0 Å². The van der Waals surface area contributed by atoms with E-state index in [2.05, 4.69) is 0 Å². The normalized spacial score (nSPS) is 13.0. The molecule has 0 saturated heterocycles. The number of hydrogen-bond acceptors (Lipinski definition) is 3. The van der Waals surface area contributed by atoms with Crippen molar-refractivity contribution in [3.63, 3.8) is 0 Å². The van der Waals surface area contributed by atoms with Gasteiger partial charge >= 0.3 is 12.4 Å². The summed E-state index contributed by atoms with van der Waals surface area (Å²) in [6, 6.07) is 2.23. The second kappa shape index (κ2) is 6.26. The number of alkyl halides is 6. The number of halogens is 6. The summed E-state index contributed by atoms with van der Waals surface area (Å²) in [6.45, 7) is -1.14. The Morgan fingerprint density at radius 3 is 1.87 bits per heavy atom. The van der Waals surface area contributed by atoms with Crippen LogP contribution in [-0.4, -0.2) is 32.8 Å². The highest BCUT2D eigenvalue weighted by atomic mass is 32.2. The van der Waals surface area contributed by atoms with Gasteiger partial charge in [-0.1, -0.05) is 0 Å². The molecule has 1 amide bonds. The van der Waals surface area contributed by atoms with Gasteiger partial charge in [0.15, 0.2) is 5.75 Å². The van der Waals surface area contributed by atoms with Gasteiger partial charge in [-0.15, -0.1) is 0 Å². The van der Waals surface area contributed by atoms with Crippen LogP contribution in [0.2, 0.25) is 0 Å². The average molecular weight is 364 g/mol. The Balaban J connectivity index is 3.25. The van der Waals surface area contributed by atoms with Gasteiger partial charge in [-0.05, 0) is 24.3 Å². The zero-order valence-corrected chi connectivity index (χ0v) is 12.0. The van der Waals surface area contributed by atoms with Crippen molar-refractivity contribution in [3.8, 4) is 0 Å². The summed E-state index contributed by atoms with van der Waals surface area (Å²) in [5, 5.41) is 0. The van der Waals surface area contributed by atoms with Crippen LogP contribution < -0.4 is 10.0 Å². The number of primary amides is 1. The molecule has 0 atom stereocenters. The minimum Gasteiger partial charge on any atom is -0.368 e. The number of nitrogens with zero attached hydrogens (tertiary/aromatic N) is 1. The molecule has 0 aliphatic carbocycles. The van der Waals surface area contributed by atoms with E-state index >= 15 is 0 Å². The number of rotatable bonds is 5. The van der Waals surface area contributed by atoms with Gasteiger partial charge in [0.2, 0.25) is 15.9 Å². The minimum absolute atomic E-state index is 0.0168. The highest BCUT2D eigenvalue weighted by Gasteiger charge is 2.39. The van der Waals surface area contributed by atoms with Crippen molar-refractivity contribution in [2.24, 2.45) is 5.73 Å². The second-order valence-corrected chi connectivity index (χ2v) is 6.28. The molecule has 23 heavy (non-hydrogen) atoms. The van der Waals surface area contributed by atoms with Crippen LogP contribution in [0.3, 0.4) is 0 Å². The van der Waals surface area contributed by atoms with E-state index in [1.807, 2.05) is 0 Å². The third kappa shape index (κ3) is 5.62. The number of hydrogen-bond donors (Lipinski definition) is 1. The van der Waals surface area contributed by atoms with E-state index in [0.717, 1.165) is 0 Å². The minimum atomic E-state index is -5.10. The molecule has 2 N–H and O–H groups in total. The molecule has 0 heterocycles. The summed E-state index contributed by atoms with van der Waals surface area (Å²) < 4.78 is 97.7. The highest BCUT2D eigenvalue weighted by molar-refractivity contribution is 7.92. The smallest absolute Gasteiger partial charge is 0.368 e. The number of anilines is 1. The molecule has 0 radical (unpaired) electrons. The number of carbonyl (C=O) groups excluding carboxylic acids is 1. The SMILES string of the molecule is NC(=O)CN(c1ccc(C(F)(F)F)cc1)S(=O)(=O)CC(F)(F)F. The fraction of sp³-hybridized carbons (Fsp3) is 0.364. The summed E-state index contributed by atoms with van der Waals surface area (Å²) in [6.07, 6.45) is -9.81. The first-order valence-corrected chi connectivity index (χ1v) is 7.36. The van der Waals surface area contributed by atoms with Gasteiger partial charge in [0, 0.05) is 0 Å². The van der Waals surface area contributed by atoms with E-state index in [4.69, 9.17) is 5.73 Å². The average Bonchev–Trinajstić information content (AvgIpc) is 2.31. The molecule has 130 valence electrons. The molecule has 1 rings (SSSR count). The van der Waals surface area contributed by atoms with Crippen molar-refractivity contribution >= 4 is 21.6 Å². The molecule has 0 spiro atoms. The van der Waals surface area contributed by atoms with Crippen molar-refractivity contribution in [2.45, 2.75) is 12.4 Å². The molecule has 0 aromatic heterocycles. The lowest BCUT2D eigenvalue weighted by Crippen LogP contribution is -2.42. The van der Waals surface area contributed by atoms with Crippen LogP contribution in [0.4, 0.5) is 32.0 Å². The molecule has 1 aromatic rings. The molecule has 0 aliphatic rings. The summed E-state index contributed by atoms with van der Waals surface area (Å²) in [7, 11) is -5.05. The van der Waals surface area contributed by atoms with Gasteiger partial charge < -0.3 is 5.73 Å². The Bertz CT molecular complexity index is 666. The third-order valence-corrected chi connectivity index (χ3v) is 4.17. The zero-order chi connectivity index (χ0) is 18.1. The molecular weight excluding hydrogens is 354 g/mol. The van der Waals surface area contributed by atoms with E-state index < -0.39 is 51.8 Å². The maximum absolute atomic E-state index is 12.4. The Morgan fingerprint density at radius 2 is 1.52 bits per heavy atom. The van der Waals surface area contributed by atoms with Crippen LogP contribution in [0.15, 0.2) is 24.3 Å². The van der Waals surface area contributed by atoms with Gasteiger partial charge in [0.25, 0.3) is 0 Å². The Hall–Kier alpha value is -1.98. The monoisotopic (exact) mass is 364 g/mol. The molecule has 5 nitrogen and oxygen atoms in total. The van der Waals surface area contributed by atoms with E-state index in [9.17, 15) is 39.6 Å². The maximum atomic E-state index is 12.4. The molecule has 0 saturated carbocycles.